The van der Waals surface area contributed by atoms with Crippen molar-refractivity contribution in [2.24, 2.45) is 0 Å². The minimum absolute atomic E-state index is 0.871. The first-order valence-corrected chi connectivity index (χ1v) is 5.81. The van der Waals surface area contributed by atoms with Gasteiger partial charge in [0.25, 0.3) is 0 Å². The van der Waals surface area contributed by atoms with E-state index >= 15 is 0 Å². The predicted molar refractivity (Wildman–Crippen MR) is 71.5 cm³/mol. The van der Waals surface area contributed by atoms with Gasteiger partial charge in [-0.3, -0.25) is 0 Å². The highest BCUT2D eigenvalue weighted by molar-refractivity contribution is 5.34. The predicted octanol–water partition coefficient (Wildman–Crippen LogP) is 4.60. The van der Waals surface area contributed by atoms with Crippen LogP contribution in [0.25, 0.3) is 0 Å². The summed E-state index contributed by atoms with van der Waals surface area (Å²) < 4.78 is 5.77. The van der Waals surface area contributed by atoms with Gasteiger partial charge in [-0.05, 0) is 43.2 Å². The molecule has 0 fully saturated rings. The molecular weight excluding hydrogens is 208 g/mol. The monoisotopic (exact) mass is 224 g/mol. The van der Waals surface area contributed by atoms with Gasteiger partial charge >= 0.3 is 0 Å². The van der Waals surface area contributed by atoms with E-state index in [9.17, 15) is 0 Å². The highest BCUT2D eigenvalue weighted by atomic mass is 16.5. The van der Waals surface area contributed by atoms with Crippen molar-refractivity contribution < 1.29 is 4.74 Å². The quantitative estimate of drug-likeness (QED) is 0.690. The van der Waals surface area contributed by atoms with Gasteiger partial charge in [-0.15, -0.1) is 0 Å². The summed E-state index contributed by atoms with van der Waals surface area (Å²) in [6.07, 6.45) is 5.15. The third-order valence-electron chi connectivity index (χ3n) is 2.47. The minimum Gasteiger partial charge on any atom is -0.457 e. The van der Waals surface area contributed by atoms with Gasteiger partial charge in [-0.2, -0.15) is 0 Å². The lowest BCUT2D eigenvalue weighted by molar-refractivity contribution is 0.482. The van der Waals surface area contributed by atoms with Crippen molar-refractivity contribution in [1.82, 2.24) is 0 Å². The van der Waals surface area contributed by atoms with Crippen LogP contribution in [0.2, 0.25) is 0 Å². The smallest absolute Gasteiger partial charge is 0.127 e. The molecule has 2 rings (SSSR count). The fourth-order valence-electron chi connectivity index (χ4n) is 1.61. The number of rotatable bonds is 4. The van der Waals surface area contributed by atoms with E-state index in [1.165, 1.54) is 5.56 Å². The molecule has 0 aromatic heterocycles. The molecule has 0 unspecified atom stereocenters. The highest BCUT2D eigenvalue weighted by Crippen LogP contribution is 2.21. The molecule has 2 aromatic rings. The standard InChI is InChI=1S/C16H16O/c1-2-3-8-14-9-7-12-16(13-14)17-15-10-5-4-6-11-15/h2-7,9-13H,8H2,1H3/b3-2+. The van der Waals surface area contributed by atoms with E-state index in [0.29, 0.717) is 0 Å². The summed E-state index contributed by atoms with van der Waals surface area (Å²) in [5.41, 5.74) is 1.26. The van der Waals surface area contributed by atoms with Crippen LogP contribution in [0, 0.1) is 0 Å². The lowest BCUT2D eigenvalue weighted by atomic mass is 10.1. The molecule has 17 heavy (non-hydrogen) atoms. The Bertz CT molecular complexity index is 486. The van der Waals surface area contributed by atoms with Crippen molar-refractivity contribution >= 4 is 0 Å². The summed E-state index contributed by atoms with van der Waals surface area (Å²) in [7, 11) is 0. The lowest BCUT2D eigenvalue weighted by Crippen LogP contribution is -1.86. The maximum absolute atomic E-state index is 5.77. The average molecular weight is 224 g/mol. The van der Waals surface area contributed by atoms with Crippen molar-refractivity contribution in [3.05, 3.63) is 72.3 Å². The lowest BCUT2D eigenvalue weighted by Gasteiger charge is -2.06. The zero-order valence-electron chi connectivity index (χ0n) is 9.97. The van der Waals surface area contributed by atoms with E-state index in [2.05, 4.69) is 24.3 Å². The van der Waals surface area contributed by atoms with E-state index in [1.54, 1.807) is 0 Å². The molecule has 0 spiro atoms. The van der Waals surface area contributed by atoms with E-state index < -0.39 is 0 Å². The molecule has 0 saturated carbocycles. The van der Waals surface area contributed by atoms with E-state index in [1.807, 2.05) is 49.4 Å². The molecule has 1 heteroatoms. The van der Waals surface area contributed by atoms with E-state index in [-0.39, 0.29) is 0 Å². The molecular formula is C16H16O. The number of hydrogen-bond acceptors (Lipinski definition) is 1. The van der Waals surface area contributed by atoms with Crippen LogP contribution in [0.4, 0.5) is 0 Å². The zero-order valence-corrected chi connectivity index (χ0v) is 9.97. The molecule has 0 atom stereocenters. The fourth-order valence-corrected chi connectivity index (χ4v) is 1.61. The first-order chi connectivity index (χ1) is 8.38. The first-order valence-electron chi connectivity index (χ1n) is 5.81. The SMILES string of the molecule is C/C=C/Cc1cccc(Oc2ccccc2)c1. The molecule has 0 aliphatic carbocycles. The molecule has 0 N–H and O–H groups in total. The summed E-state index contributed by atoms with van der Waals surface area (Å²) in [5, 5.41) is 0. The van der Waals surface area contributed by atoms with Crippen molar-refractivity contribution in [3.63, 3.8) is 0 Å². The van der Waals surface area contributed by atoms with Crippen molar-refractivity contribution in [1.29, 1.82) is 0 Å². The van der Waals surface area contributed by atoms with E-state index in [0.717, 1.165) is 17.9 Å². The second-order valence-electron chi connectivity index (χ2n) is 3.84. The molecule has 0 aliphatic rings. The summed E-state index contributed by atoms with van der Waals surface area (Å²) in [4.78, 5) is 0. The van der Waals surface area contributed by atoms with Gasteiger partial charge in [-0.25, -0.2) is 0 Å². The number of benzene rings is 2. The third kappa shape index (κ3) is 3.49. The Balaban J connectivity index is 2.11. The molecule has 2 aromatic carbocycles. The maximum Gasteiger partial charge on any atom is 0.127 e. The second kappa shape index (κ2) is 5.90. The number of hydrogen-bond donors (Lipinski definition) is 0. The number of ether oxygens (including phenoxy) is 1. The van der Waals surface area contributed by atoms with Gasteiger partial charge < -0.3 is 4.74 Å². The molecule has 0 bridgehead atoms. The van der Waals surface area contributed by atoms with Gasteiger partial charge in [0.1, 0.15) is 11.5 Å². The molecule has 0 aliphatic heterocycles. The Hall–Kier alpha value is -2.02. The fraction of sp³-hybridized carbons (Fsp3) is 0.125. The molecule has 0 amide bonds. The molecule has 0 radical (unpaired) electrons. The Morgan fingerprint density at radius 3 is 2.47 bits per heavy atom. The zero-order chi connectivity index (χ0) is 11.9. The van der Waals surface area contributed by atoms with Gasteiger partial charge in [0.05, 0.1) is 0 Å². The van der Waals surface area contributed by atoms with Gasteiger partial charge in [0, 0.05) is 0 Å². The van der Waals surface area contributed by atoms with Crippen LogP contribution in [0.1, 0.15) is 12.5 Å². The Morgan fingerprint density at radius 1 is 0.941 bits per heavy atom. The van der Waals surface area contributed by atoms with Crippen LogP contribution >= 0.6 is 0 Å². The number of allylic oxidation sites excluding steroid dienone is 2. The Labute approximate surface area is 102 Å². The topological polar surface area (TPSA) is 9.23 Å². The molecule has 86 valence electrons. The summed E-state index contributed by atoms with van der Waals surface area (Å²) in [5.74, 6) is 1.76. The Morgan fingerprint density at radius 2 is 1.71 bits per heavy atom. The second-order valence-corrected chi connectivity index (χ2v) is 3.84. The highest BCUT2D eigenvalue weighted by Gasteiger charge is 1.97. The molecule has 0 heterocycles. The van der Waals surface area contributed by atoms with Gasteiger partial charge in [0.15, 0.2) is 0 Å². The number of para-hydroxylation sites is 1. The van der Waals surface area contributed by atoms with Crippen LogP contribution < -0.4 is 4.74 Å². The van der Waals surface area contributed by atoms with Crippen LogP contribution in [0.15, 0.2) is 66.7 Å². The van der Waals surface area contributed by atoms with Gasteiger partial charge in [-0.1, -0.05) is 42.5 Å². The van der Waals surface area contributed by atoms with Crippen molar-refractivity contribution in [2.75, 3.05) is 0 Å². The normalized spacial score (nSPS) is 10.6. The van der Waals surface area contributed by atoms with Crippen molar-refractivity contribution in [2.45, 2.75) is 13.3 Å². The molecule has 0 saturated heterocycles. The third-order valence-corrected chi connectivity index (χ3v) is 2.47. The molecule has 1 nitrogen and oxygen atoms in total. The summed E-state index contributed by atoms with van der Waals surface area (Å²) in [6, 6.07) is 18.0. The minimum atomic E-state index is 0.871. The van der Waals surface area contributed by atoms with Crippen molar-refractivity contribution in [3.8, 4) is 11.5 Å². The largest absolute Gasteiger partial charge is 0.457 e. The summed E-state index contributed by atoms with van der Waals surface area (Å²) in [6.45, 7) is 2.03. The Kier molecular flexibility index (Phi) is 3.98. The van der Waals surface area contributed by atoms with Crippen LogP contribution in [-0.2, 0) is 6.42 Å². The summed E-state index contributed by atoms with van der Waals surface area (Å²) >= 11 is 0. The average Bonchev–Trinajstić information content (AvgIpc) is 2.38. The van der Waals surface area contributed by atoms with Gasteiger partial charge in [0.2, 0.25) is 0 Å². The van der Waals surface area contributed by atoms with E-state index in [4.69, 9.17) is 4.74 Å². The first kappa shape index (κ1) is 11.5. The maximum atomic E-state index is 5.77. The van der Waals surface area contributed by atoms with Crippen LogP contribution in [0.3, 0.4) is 0 Å². The van der Waals surface area contributed by atoms with Crippen LogP contribution in [0.5, 0.6) is 11.5 Å². The van der Waals surface area contributed by atoms with Crippen LogP contribution in [-0.4, -0.2) is 0 Å².